The Bertz CT molecular complexity index is 198. The Morgan fingerprint density at radius 3 is 1.21 bits per heavy atom. The summed E-state index contributed by atoms with van der Waals surface area (Å²) >= 11 is 0. The molecule has 0 aromatic rings. The van der Waals surface area contributed by atoms with Gasteiger partial charge in [0.2, 0.25) is 0 Å². The zero-order chi connectivity index (χ0) is 10.9. The minimum atomic E-state index is 0. The summed E-state index contributed by atoms with van der Waals surface area (Å²) in [5, 5.41) is 2.92. The van der Waals surface area contributed by atoms with Gasteiger partial charge >= 0.3 is 33.9 Å². The van der Waals surface area contributed by atoms with Crippen molar-refractivity contribution in [1.82, 2.24) is 5.32 Å². The number of hydrogen-bond acceptors (Lipinski definition) is 1. The van der Waals surface area contributed by atoms with Crippen molar-refractivity contribution in [3.63, 3.8) is 0 Å². The van der Waals surface area contributed by atoms with Crippen LogP contribution < -0.4 is 5.32 Å². The molecule has 0 bridgehead atoms. The average Bonchev–Trinajstić information content (AvgIpc) is 2.58. The van der Waals surface area contributed by atoms with E-state index in [2.05, 4.69) is 25.3 Å². The first kappa shape index (κ1) is 23.0. The first-order chi connectivity index (χ1) is 6.50. The maximum atomic E-state index is 7.50. The topological polar surface area (TPSA) is 71.7 Å². The van der Waals surface area contributed by atoms with Crippen LogP contribution in [0.5, 0.6) is 0 Å². The molecule has 5 heteroatoms. The van der Waals surface area contributed by atoms with Gasteiger partial charge < -0.3 is 5.32 Å². The van der Waals surface area contributed by atoms with Gasteiger partial charge in [0, 0.05) is 29.5 Å². The molecule has 1 heterocycles. The van der Waals surface area contributed by atoms with Crippen LogP contribution in [0.1, 0.15) is 0 Å². The second kappa shape index (κ2) is 41.0. The van der Waals surface area contributed by atoms with E-state index in [1.54, 1.807) is 0 Å². The van der Waals surface area contributed by atoms with Crippen molar-refractivity contribution in [2.45, 2.75) is 0 Å². The molecule has 0 spiro atoms. The predicted octanol–water partition coefficient (Wildman–Crippen LogP) is 1.06. The Labute approximate surface area is 93.4 Å². The predicted molar refractivity (Wildman–Crippen MR) is 42.3 cm³/mol. The van der Waals surface area contributed by atoms with Gasteiger partial charge in [-0.3, -0.25) is 0 Å². The van der Waals surface area contributed by atoms with Crippen LogP contribution in [0.3, 0.4) is 0 Å². The van der Waals surface area contributed by atoms with Crippen molar-refractivity contribution >= 4 is 0 Å². The zero-order valence-corrected chi connectivity index (χ0v) is 8.15. The monoisotopic (exact) mass is 233 g/mol. The molecule has 1 aliphatic heterocycles. The van der Waals surface area contributed by atoms with E-state index in [-0.39, 0.29) is 17.1 Å². The molecule has 0 saturated heterocycles. The molecule has 0 unspecified atom stereocenters. The third kappa shape index (κ3) is 30.9. The van der Waals surface area contributed by atoms with E-state index in [0.717, 1.165) is 0 Å². The van der Waals surface area contributed by atoms with E-state index in [4.69, 9.17) is 14.0 Å². The molecule has 0 amide bonds. The molecule has 0 aromatic heterocycles. The molecule has 1 aliphatic rings. The summed E-state index contributed by atoms with van der Waals surface area (Å²) in [5.74, 6) is 0. The van der Waals surface area contributed by atoms with Gasteiger partial charge in [-0.1, -0.05) is 12.2 Å². The second-order valence-corrected chi connectivity index (χ2v) is 1.27. The molecule has 1 N–H and O–H groups in total. The fourth-order valence-corrected chi connectivity index (χ4v) is 0.406. The molecule has 0 atom stereocenters. The molecule has 4 nitrogen and oxygen atoms in total. The van der Waals surface area contributed by atoms with Gasteiger partial charge in [-0.25, -0.2) is 0 Å². The van der Waals surface area contributed by atoms with E-state index in [9.17, 15) is 0 Å². The van der Waals surface area contributed by atoms with Gasteiger partial charge in [0.05, 0.1) is 0 Å². The summed E-state index contributed by atoms with van der Waals surface area (Å²) in [6.07, 6.45) is 11.6. The Kier molecular flexibility index (Phi) is 67.4. The molecule has 0 aliphatic carbocycles. The molecular weight excluding hydrogens is 226 g/mol. The van der Waals surface area contributed by atoms with Gasteiger partial charge in [-0.2, -0.15) is 0 Å². The Morgan fingerprint density at radius 2 is 0.929 bits per heavy atom. The SMILES string of the molecule is C1=CC=CNC=C1.[C-]#[O+].[C-]#[O+].[C-]#[O+].[Fe]. The quantitative estimate of drug-likeness (QED) is 0.379. The number of allylic oxidation sites excluding steroid dienone is 4. The first-order valence-electron chi connectivity index (χ1n) is 2.86. The molecule has 1 rings (SSSR count). The van der Waals surface area contributed by atoms with Gasteiger partial charge in [-0.05, 0) is 12.2 Å². The standard InChI is InChI=1S/C6H7N.3CO.Fe/c1-2-4-6-7-5-3-1;3*1-2;/h1-7H;;;;. The van der Waals surface area contributed by atoms with Crippen LogP contribution in [0.15, 0.2) is 36.7 Å². The second-order valence-electron chi connectivity index (χ2n) is 1.27. The van der Waals surface area contributed by atoms with Crippen LogP contribution in [0.4, 0.5) is 0 Å². The number of rotatable bonds is 0. The molecule has 14 heavy (non-hydrogen) atoms. The normalized spacial score (nSPS) is 8.43. The molecule has 0 fully saturated rings. The van der Waals surface area contributed by atoms with E-state index in [0.29, 0.717) is 0 Å². The van der Waals surface area contributed by atoms with Gasteiger partial charge in [0.1, 0.15) is 0 Å². The molecule has 74 valence electrons. The van der Waals surface area contributed by atoms with Crippen molar-refractivity contribution in [1.29, 1.82) is 0 Å². The van der Waals surface area contributed by atoms with Gasteiger partial charge in [0.25, 0.3) is 0 Å². The van der Waals surface area contributed by atoms with Crippen molar-refractivity contribution in [2.75, 3.05) is 0 Å². The Balaban J connectivity index is -0.0000000625. The largest absolute Gasteiger partial charge is 0 e. The summed E-state index contributed by atoms with van der Waals surface area (Å²) in [6, 6.07) is 0. The van der Waals surface area contributed by atoms with Crippen LogP contribution in [-0.4, -0.2) is 0 Å². The summed E-state index contributed by atoms with van der Waals surface area (Å²) in [6.45, 7) is 13.5. The van der Waals surface area contributed by atoms with Gasteiger partial charge in [0.15, 0.2) is 0 Å². The molecule has 0 saturated carbocycles. The third-order valence-corrected chi connectivity index (χ3v) is 0.718. The summed E-state index contributed by atoms with van der Waals surface area (Å²) in [5.41, 5.74) is 0. The van der Waals surface area contributed by atoms with E-state index < -0.39 is 0 Å². The van der Waals surface area contributed by atoms with Crippen molar-refractivity contribution in [3.8, 4) is 0 Å². The average molecular weight is 233 g/mol. The van der Waals surface area contributed by atoms with Gasteiger partial charge in [-0.15, -0.1) is 0 Å². The molecule has 0 radical (unpaired) electrons. The smallest absolute Gasteiger partial charge is 0 e. The minimum Gasteiger partial charge on any atom is 0 e. The number of hydrogen-bond donors (Lipinski definition) is 1. The van der Waals surface area contributed by atoms with Crippen LogP contribution in [0.25, 0.3) is 0 Å². The summed E-state index contributed by atoms with van der Waals surface area (Å²) in [7, 11) is 0. The fraction of sp³-hybridized carbons (Fsp3) is 0. The van der Waals surface area contributed by atoms with Crippen molar-refractivity contribution in [2.24, 2.45) is 0 Å². The summed E-state index contributed by atoms with van der Waals surface area (Å²) in [4.78, 5) is 0. The maximum absolute atomic E-state index is 7.50. The minimum absolute atomic E-state index is 0. The molecule has 0 aromatic carbocycles. The van der Waals surface area contributed by atoms with E-state index >= 15 is 0 Å². The number of nitrogens with one attached hydrogen (secondary N) is 1. The van der Waals surface area contributed by atoms with E-state index in [1.807, 2.05) is 36.7 Å². The van der Waals surface area contributed by atoms with Crippen LogP contribution in [0, 0.1) is 20.0 Å². The molecular formula is C9H7FeNO3. The maximum Gasteiger partial charge on any atom is 0 e. The van der Waals surface area contributed by atoms with Crippen LogP contribution in [0.2, 0.25) is 0 Å². The Hall–Kier alpha value is -1.24. The Morgan fingerprint density at radius 1 is 0.643 bits per heavy atom. The van der Waals surface area contributed by atoms with E-state index in [1.165, 1.54) is 0 Å². The van der Waals surface area contributed by atoms with Crippen LogP contribution in [-0.2, 0) is 31.0 Å². The zero-order valence-electron chi connectivity index (χ0n) is 7.04. The fourth-order valence-electron chi connectivity index (χ4n) is 0.406. The van der Waals surface area contributed by atoms with Crippen molar-refractivity contribution < 1.29 is 31.0 Å². The summed E-state index contributed by atoms with van der Waals surface area (Å²) < 4.78 is 22.5. The first-order valence-corrected chi connectivity index (χ1v) is 2.86. The van der Waals surface area contributed by atoms with Crippen molar-refractivity contribution in [3.05, 3.63) is 56.7 Å². The van der Waals surface area contributed by atoms with Crippen LogP contribution >= 0.6 is 0 Å². The third-order valence-electron chi connectivity index (χ3n) is 0.718.